The fourth-order valence-electron chi connectivity index (χ4n) is 15.9. The molecule has 0 atom stereocenters. The average molecular weight is 1320 g/mol. The molecule has 6 nitrogen and oxygen atoms in total. The summed E-state index contributed by atoms with van der Waals surface area (Å²) in [6.45, 7) is 28.5. The monoisotopic (exact) mass is 1320 g/mol. The average Bonchev–Trinajstić information content (AvgIpc) is 3.47. The molecule has 389 valence electrons. The van der Waals surface area contributed by atoms with E-state index in [9.17, 15) is 0 Å². The number of nitrogens with zero attached hydrogens (tertiary/aromatic N) is 6. The van der Waals surface area contributed by atoms with Crippen LogP contribution in [0, 0.1) is 71.0 Å². The van der Waals surface area contributed by atoms with Crippen molar-refractivity contribution in [2.45, 2.75) is 324 Å². The maximum atomic E-state index is 6.25. The van der Waals surface area contributed by atoms with E-state index in [-0.39, 0.29) is 17.1 Å². The van der Waals surface area contributed by atoms with Crippen molar-refractivity contribution in [1.29, 1.82) is 31.6 Å². The van der Waals surface area contributed by atoms with Crippen molar-refractivity contribution in [2.24, 2.45) is 0 Å². The van der Waals surface area contributed by atoms with Gasteiger partial charge in [-0.05, 0) is 0 Å². The van der Waals surface area contributed by atoms with Crippen molar-refractivity contribution in [3.05, 3.63) is 39.4 Å². The third-order valence-corrected chi connectivity index (χ3v) is 57.7. The van der Waals surface area contributed by atoms with Gasteiger partial charge in [-0.15, -0.1) is 0 Å². The zero-order valence-electron chi connectivity index (χ0n) is 44.6. The Morgan fingerprint density at radius 3 is 0.300 bits per heavy atom. The van der Waals surface area contributed by atoms with Crippen LogP contribution in [0.2, 0.25) is 35.4 Å². The molecular weight excluding hydrogens is 1220 g/mol. The number of hydrogen-bond donors (Lipinski definition) is 0. The third kappa shape index (κ3) is 26.1. The Balaban J connectivity index is 0.000000913. The van der Waals surface area contributed by atoms with Crippen molar-refractivity contribution in [3.63, 3.8) is 0 Å². The third-order valence-electron chi connectivity index (χ3n) is 18.7. The molecule has 0 aromatic heterocycles. The maximum absolute atomic E-state index is 6.25. The maximum Gasteiger partial charge on any atom is 3.00 e. The Bertz CT molecular complexity index is 981. The molecule has 9 rings (SSSR count). The Morgan fingerprint density at radius 1 is 0.157 bits per heavy atom. The minimum absolute atomic E-state index is 0. The molecule has 0 aliphatic heterocycles. The summed E-state index contributed by atoms with van der Waals surface area (Å²) in [5.41, 5.74) is 0. The van der Waals surface area contributed by atoms with E-state index in [1.165, 1.54) is 35.4 Å². The minimum Gasteiger partial charge on any atom is -0.512 e. The van der Waals surface area contributed by atoms with Crippen LogP contribution in [0.3, 0.4) is 0 Å². The van der Waals surface area contributed by atoms with Crippen molar-refractivity contribution in [2.75, 3.05) is 0 Å². The summed E-state index contributed by atoms with van der Waals surface area (Å²) < 4.78 is 11.9. The topological polar surface area (TPSA) is 143 Å². The van der Waals surface area contributed by atoms with Crippen LogP contribution in [0.15, 0.2) is 0 Å². The van der Waals surface area contributed by atoms with Gasteiger partial charge in [0.15, 0.2) is 0 Å². The first-order chi connectivity index (χ1) is 34.3. The van der Waals surface area contributed by atoms with Crippen LogP contribution in [0.1, 0.15) is 289 Å². The Hall–Kier alpha value is -0.144. The second-order valence-electron chi connectivity index (χ2n) is 22.5. The van der Waals surface area contributed by atoms with E-state index in [2.05, 4.69) is 0 Å². The van der Waals surface area contributed by atoms with Gasteiger partial charge in [0, 0.05) is 0 Å². The molecular formula is C60H99FeN6Sn3. The number of rotatable bonds is 9. The van der Waals surface area contributed by atoms with Gasteiger partial charge in [0.1, 0.15) is 0 Å². The molecule has 9 fully saturated rings. The second-order valence-corrected chi connectivity index (χ2v) is 52.0. The summed E-state index contributed by atoms with van der Waals surface area (Å²) in [6, 6.07) is 0. The van der Waals surface area contributed by atoms with Gasteiger partial charge >= 0.3 is 401 Å². The molecule has 0 spiro atoms. The van der Waals surface area contributed by atoms with E-state index in [1.807, 2.05) is 0 Å². The van der Waals surface area contributed by atoms with Crippen LogP contribution in [0.4, 0.5) is 0 Å². The normalized spacial score (nSPS) is 23.3. The molecule has 10 heteroatoms. The van der Waals surface area contributed by atoms with Gasteiger partial charge in [0.25, 0.3) is 0 Å². The van der Waals surface area contributed by atoms with Gasteiger partial charge in [0.2, 0.25) is 0 Å². The molecule has 0 unspecified atom stereocenters. The molecule has 0 heterocycles. The summed E-state index contributed by atoms with van der Waals surface area (Å²) in [5, 5.41) is 37.5. The summed E-state index contributed by atoms with van der Waals surface area (Å²) in [5.74, 6) is 0. The largest absolute Gasteiger partial charge is 3.00 e. The van der Waals surface area contributed by atoms with Crippen LogP contribution in [-0.2, 0) is 17.1 Å². The van der Waals surface area contributed by atoms with E-state index in [4.69, 9.17) is 71.0 Å². The first-order valence-corrected chi connectivity index (χ1v) is 44.1. The van der Waals surface area contributed by atoms with Gasteiger partial charge < -0.3 is 71.0 Å². The minimum atomic E-state index is -1.15. The van der Waals surface area contributed by atoms with E-state index in [0.717, 1.165) is 0 Å². The Labute approximate surface area is 467 Å². The molecule has 9 saturated carbocycles. The van der Waals surface area contributed by atoms with Gasteiger partial charge in [-0.2, -0.15) is 0 Å². The summed E-state index contributed by atoms with van der Waals surface area (Å²) in [7, 11) is 0. The molecule has 1 radical (unpaired) electrons. The quantitative estimate of drug-likeness (QED) is 0.166. The van der Waals surface area contributed by atoms with Gasteiger partial charge in [-0.3, -0.25) is 0 Å². The van der Waals surface area contributed by atoms with E-state index < -0.39 is 59.3 Å². The van der Waals surface area contributed by atoms with Crippen molar-refractivity contribution in [1.82, 2.24) is 0 Å². The molecule has 0 amide bonds. The molecule has 0 bridgehead atoms. The molecule has 9 aliphatic rings. The zero-order chi connectivity index (χ0) is 50.7. The SMILES string of the molecule is C1CC[CH]([Sn+]([CH]2CCCCC2)[CH]2CCCCC2)CC1.C1CC[CH]([Sn+]([CH]2CCCCC2)[CH]2CCCCC2)CC1.C1CC[CH]([Sn+]([CH]2CCCCC2)[CH]2CCCCC2)CC1.[C-]#N.[C-]#N.[C-]#N.[C-]#N.[C-]#N.[C-]#N.[Fe+3]. The second kappa shape index (κ2) is 48.5. The van der Waals surface area contributed by atoms with Crippen LogP contribution in [0.5, 0.6) is 0 Å². The molecule has 0 aromatic rings. The molecule has 9 aliphatic carbocycles. The predicted octanol–water partition coefficient (Wildman–Crippen LogP) is 20.0. The predicted molar refractivity (Wildman–Crippen MR) is 289 cm³/mol. The summed E-state index contributed by atoms with van der Waals surface area (Å²) >= 11 is -3.45. The number of hydrogen-bond acceptors (Lipinski definition) is 6. The van der Waals surface area contributed by atoms with Crippen molar-refractivity contribution >= 4 is 59.3 Å². The molecule has 0 aromatic carbocycles. The van der Waals surface area contributed by atoms with E-state index in [1.54, 1.807) is 289 Å². The van der Waals surface area contributed by atoms with Crippen molar-refractivity contribution in [3.8, 4) is 0 Å². The zero-order valence-corrected chi connectivity index (χ0v) is 54.2. The Kier molecular flexibility index (Phi) is 48.4. The van der Waals surface area contributed by atoms with Crippen LogP contribution in [-0.4, -0.2) is 59.3 Å². The molecule has 0 saturated heterocycles. The van der Waals surface area contributed by atoms with Crippen LogP contribution in [0.25, 0.3) is 0 Å². The van der Waals surface area contributed by atoms with Gasteiger partial charge in [0.05, 0.1) is 0 Å². The van der Waals surface area contributed by atoms with Gasteiger partial charge in [-0.1, -0.05) is 0 Å². The van der Waals surface area contributed by atoms with Crippen molar-refractivity contribution < 1.29 is 17.1 Å². The molecule has 70 heavy (non-hydrogen) atoms. The first kappa shape index (κ1) is 69.9. The fourth-order valence-corrected chi connectivity index (χ4v) is 60.7. The standard InChI is InChI=1S/9C6H11.6CN.Fe.3Sn/c9*1-2-4-6-5-3-1;6*1-2;;;;/h9*1H,2-6H2;;;;;;;;;;/q;;;;;;;;;6*-1;+3;3*+1. The van der Waals surface area contributed by atoms with Crippen LogP contribution < -0.4 is 0 Å². The van der Waals surface area contributed by atoms with Gasteiger partial charge in [-0.25, -0.2) is 0 Å². The summed E-state index contributed by atoms with van der Waals surface area (Å²) in [4.78, 5) is 0. The Morgan fingerprint density at radius 2 is 0.229 bits per heavy atom. The van der Waals surface area contributed by atoms with Crippen LogP contribution >= 0.6 is 0 Å². The smallest absolute Gasteiger partial charge is 0.512 e. The fraction of sp³-hybridized carbons (Fsp3) is 0.900. The first-order valence-electron chi connectivity index (χ1n) is 29.3. The summed E-state index contributed by atoms with van der Waals surface area (Å²) in [6.07, 6.45) is 72.7. The van der Waals surface area contributed by atoms with E-state index in [0.29, 0.717) is 0 Å². The molecule has 0 N–H and O–H groups in total. The van der Waals surface area contributed by atoms with E-state index >= 15 is 0 Å².